The first kappa shape index (κ1) is 13.8. The summed E-state index contributed by atoms with van der Waals surface area (Å²) in [5, 5.41) is 7.77. The summed E-state index contributed by atoms with van der Waals surface area (Å²) < 4.78 is 5.22. The molecule has 0 spiro atoms. The number of pyridine rings is 1. The second-order valence-corrected chi connectivity index (χ2v) is 5.25. The van der Waals surface area contributed by atoms with Gasteiger partial charge < -0.3 is 15.4 Å². The molecule has 5 heteroatoms. The van der Waals surface area contributed by atoms with Gasteiger partial charge in [0.25, 0.3) is 0 Å². The number of nitrogen functional groups attached to an aromatic ring is 1. The molecule has 1 aromatic rings. The molecule has 0 radical (unpaired) electrons. The van der Waals surface area contributed by atoms with Crippen LogP contribution in [0.5, 0.6) is 0 Å². The van der Waals surface area contributed by atoms with Gasteiger partial charge >= 0.3 is 0 Å². The Morgan fingerprint density at radius 2 is 2.32 bits per heavy atom. The Morgan fingerprint density at radius 1 is 1.58 bits per heavy atom. The lowest BCUT2D eigenvalue weighted by Crippen LogP contribution is -2.27. The van der Waals surface area contributed by atoms with Gasteiger partial charge in [-0.15, -0.1) is 0 Å². The maximum absolute atomic E-state index is 7.77. The molecule has 3 N–H and O–H groups in total. The van der Waals surface area contributed by atoms with Crippen LogP contribution in [0.1, 0.15) is 23.2 Å². The second kappa shape index (κ2) is 5.57. The van der Waals surface area contributed by atoms with Crippen molar-refractivity contribution in [2.75, 3.05) is 31.7 Å². The first-order valence-corrected chi connectivity index (χ1v) is 6.59. The van der Waals surface area contributed by atoms with E-state index in [2.05, 4.69) is 9.88 Å². The molecule has 1 saturated heterocycles. The van der Waals surface area contributed by atoms with Gasteiger partial charge in [-0.05, 0) is 31.9 Å². The highest BCUT2D eigenvalue weighted by atomic mass is 16.5. The molecule has 19 heavy (non-hydrogen) atoms. The van der Waals surface area contributed by atoms with Crippen molar-refractivity contribution in [2.24, 2.45) is 11.7 Å². The van der Waals surface area contributed by atoms with Gasteiger partial charge in [-0.1, -0.05) is 0 Å². The van der Waals surface area contributed by atoms with Gasteiger partial charge in [-0.25, -0.2) is 4.98 Å². The molecule has 2 heterocycles. The van der Waals surface area contributed by atoms with Crippen LogP contribution in [-0.2, 0) is 4.74 Å². The van der Waals surface area contributed by atoms with E-state index >= 15 is 0 Å². The molecule has 0 aliphatic carbocycles. The number of anilines is 1. The van der Waals surface area contributed by atoms with Crippen LogP contribution in [0.4, 0.5) is 5.82 Å². The van der Waals surface area contributed by atoms with E-state index in [4.69, 9.17) is 15.9 Å². The zero-order valence-electron chi connectivity index (χ0n) is 11.9. The number of nitrogens with one attached hydrogen (secondary N) is 1. The van der Waals surface area contributed by atoms with Crippen molar-refractivity contribution < 1.29 is 4.74 Å². The average molecular weight is 262 g/mol. The van der Waals surface area contributed by atoms with Crippen LogP contribution in [0, 0.1) is 25.2 Å². The fourth-order valence-electron chi connectivity index (χ4n) is 2.78. The first-order valence-electron chi connectivity index (χ1n) is 6.59. The number of ether oxygens (including phenoxy) is 1. The molecule has 5 nitrogen and oxygen atoms in total. The topological polar surface area (TPSA) is 75.2 Å². The lowest BCUT2D eigenvalue weighted by molar-refractivity contribution is 0.161. The minimum absolute atomic E-state index is 0.0928. The Hall–Kier alpha value is -1.62. The van der Waals surface area contributed by atoms with Crippen molar-refractivity contribution >= 4 is 11.7 Å². The van der Waals surface area contributed by atoms with Gasteiger partial charge in [-0.2, -0.15) is 0 Å². The highest BCUT2D eigenvalue weighted by Gasteiger charge is 2.26. The van der Waals surface area contributed by atoms with Crippen molar-refractivity contribution in [3.8, 4) is 0 Å². The highest BCUT2D eigenvalue weighted by Crippen LogP contribution is 2.27. The van der Waals surface area contributed by atoms with E-state index in [0.717, 1.165) is 48.8 Å². The summed E-state index contributed by atoms with van der Waals surface area (Å²) >= 11 is 0. The van der Waals surface area contributed by atoms with Gasteiger partial charge in [0.2, 0.25) is 0 Å². The van der Waals surface area contributed by atoms with Crippen molar-refractivity contribution in [1.82, 2.24) is 4.98 Å². The number of methoxy groups -OCH3 is 1. The van der Waals surface area contributed by atoms with Gasteiger partial charge in [0.05, 0.1) is 12.2 Å². The summed E-state index contributed by atoms with van der Waals surface area (Å²) in [5.41, 5.74) is 8.47. The zero-order valence-corrected chi connectivity index (χ0v) is 11.9. The Bertz CT molecular complexity index is 487. The van der Waals surface area contributed by atoms with Crippen LogP contribution in [0.15, 0.2) is 6.07 Å². The SMILES string of the molecule is COCC1CCN(c2nc(C)cc(C)c2C(=N)N)C1. The van der Waals surface area contributed by atoms with E-state index < -0.39 is 0 Å². The van der Waals surface area contributed by atoms with Gasteiger partial charge in [0.1, 0.15) is 11.7 Å². The van der Waals surface area contributed by atoms with Crippen molar-refractivity contribution in [3.05, 3.63) is 22.9 Å². The molecule has 1 aromatic heterocycles. The molecular weight excluding hydrogens is 240 g/mol. The molecule has 0 bridgehead atoms. The third-order valence-corrected chi connectivity index (χ3v) is 3.58. The standard InChI is InChI=1S/C14H22N4O/c1-9-6-10(2)17-14(12(9)13(15)16)18-5-4-11(7-18)8-19-3/h6,11H,4-5,7-8H2,1-3H3,(H3,15,16). The number of rotatable bonds is 4. The molecule has 2 rings (SSSR count). The summed E-state index contributed by atoms with van der Waals surface area (Å²) in [6.07, 6.45) is 1.10. The predicted octanol–water partition coefficient (Wildman–Crippen LogP) is 1.46. The minimum Gasteiger partial charge on any atom is -0.384 e. The number of nitrogens with two attached hydrogens (primary N) is 1. The van der Waals surface area contributed by atoms with E-state index in [0.29, 0.717) is 5.92 Å². The van der Waals surface area contributed by atoms with Crippen molar-refractivity contribution in [3.63, 3.8) is 0 Å². The number of amidine groups is 1. The Morgan fingerprint density at radius 3 is 2.95 bits per heavy atom. The van der Waals surface area contributed by atoms with E-state index in [1.54, 1.807) is 7.11 Å². The molecule has 1 unspecified atom stereocenters. The van der Waals surface area contributed by atoms with Crippen LogP contribution in [0.2, 0.25) is 0 Å². The van der Waals surface area contributed by atoms with Crippen LogP contribution >= 0.6 is 0 Å². The van der Waals surface area contributed by atoms with Gasteiger partial charge in [0.15, 0.2) is 0 Å². The Labute approximate surface area is 114 Å². The second-order valence-electron chi connectivity index (χ2n) is 5.25. The molecule has 0 amide bonds. The summed E-state index contributed by atoms with van der Waals surface area (Å²) in [5.74, 6) is 1.48. The van der Waals surface area contributed by atoms with E-state index in [-0.39, 0.29) is 5.84 Å². The molecule has 1 fully saturated rings. The number of hydrogen-bond acceptors (Lipinski definition) is 4. The van der Waals surface area contributed by atoms with Crippen LogP contribution in [0.3, 0.4) is 0 Å². The molecule has 1 atom stereocenters. The summed E-state index contributed by atoms with van der Waals surface area (Å²) in [7, 11) is 1.73. The fourth-order valence-corrected chi connectivity index (χ4v) is 2.78. The Balaban J connectivity index is 2.32. The van der Waals surface area contributed by atoms with E-state index in [1.165, 1.54) is 0 Å². The van der Waals surface area contributed by atoms with Crippen molar-refractivity contribution in [1.29, 1.82) is 5.41 Å². The van der Waals surface area contributed by atoms with Gasteiger partial charge in [-0.3, -0.25) is 5.41 Å². The molecule has 0 saturated carbocycles. The summed E-state index contributed by atoms with van der Waals surface area (Å²) in [4.78, 5) is 6.82. The van der Waals surface area contributed by atoms with Crippen LogP contribution < -0.4 is 10.6 Å². The van der Waals surface area contributed by atoms with E-state index in [1.807, 2.05) is 19.9 Å². The largest absolute Gasteiger partial charge is 0.384 e. The lowest BCUT2D eigenvalue weighted by atomic mass is 10.1. The lowest BCUT2D eigenvalue weighted by Gasteiger charge is -2.22. The Kier molecular flexibility index (Phi) is 4.04. The maximum atomic E-state index is 7.77. The number of nitrogens with zero attached hydrogens (tertiary/aromatic N) is 2. The smallest absolute Gasteiger partial charge is 0.140 e. The first-order chi connectivity index (χ1) is 9.02. The number of aryl methyl sites for hydroxylation is 2. The molecule has 104 valence electrons. The molecule has 0 aromatic carbocycles. The van der Waals surface area contributed by atoms with E-state index in [9.17, 15) is 0 Å². The number of aromatic nitrogens is 1. The molecule has 1 aliphatic heterocycles. The van der Waals surface area contributed by atoms with Crippen molar-refractivity contribution in [2.45, 2.75) is 20.3 Å². The monoisotopic (exact) mass is 262 g/mol. The van der Waals surface area contributed by atoms with Gasteiger partial charge in [0, 0.05) is 31.8 Å². The molecule has 1 aliphatic rings. The average Bonchev–Trinajstić information content (AvgIpc) is 2.76. The minimum atomic E-state index is 0.0928. The summed E-state index contributed by atoms with van der Waals surface area (Å²) in [6.45, 7) is 6.60. The molecular formula is C14H22N4O. The highest BCUT2D eigenvalue weighted by molar-refractivity contribution is 6.01. The third kappa shape index (κ3) is 2.87. The fraction of sp³-hybridized carbons (Fsp3) is 0.571. The summed E-state index contributed by atoms with van der Waals surface area (Å²) in [6, 6.07) is 1.98. The van der Waals surface area contributed by atoms with Crippen LogP contribution in [-0.4, -0.2) is 37.6 Å². The third-order valence-electron chi connectivity index (χ3n) is 3.58. The maximum Gasteiger partial charge on any atom is 0.140 e. The normalized spacial score (nSPS) is 18.9. The van der Waals surface area contributed by atoms with Crippen LogP contribution in [0.25, 0.3) is 0 Å². The quantitative estimate of drug-likeness (QED) is 0.636. The number of hydrogen-bond donors (Lipinski definition) is 2. The predicted molar refractivity (Wildman–Crippen MR) is 76.9 cm³/mol. The zero-order chi connectivity index (χ0) is 14.0.